The van der Waals surface area contributed by atoms with Crippen LogP contribution in [-0.2, 0) is 27.3 Å². The molecular weight excluding hydrogens is 475 g/mol. The molecule has 1 saturated heterocycles. The number of amides is 3. The first-order valence-electron chi connectivity index (χ1n) is 10.7. The molecular formula is C26H22Cl2N2O4. The summed E-state index contributed by atoms with van der Waals surface area (Å²) in [7, 11) is 1.54. The SMILES string of the molecule is COc1ccc(N2C(=O)CC(N(Cc3ccccc3Cl)C(=O)Cc3ccc(Cl)cc3)C2=O)cc1. The van der Waals surface area contributed by atoms with Crippen molar-refractivity contribution in [2.24, 2.45) is 0 Å². The average Bonchev–Trinajstić information content (AvgIpc) is 3.13. The maximum Gasteiger partial charge on any atom is 0.257 e. The summed E-state index contributed by atoms with van der Waals surface area (Å²) in [6, 6.07) is 19.8. The summed E-state index contributed by atoms with van der Waals surface area (Å²) < 4.78 is 5.16. The third kappa shape index (κ3) is 5.08. The Morgan fingerprint density at radius 1 is 1.00 bits per heavy atom. The lowest BCUT2D eigenvalue weighted by molar-refractivity contribution is -0.138. The Balaban J connectivity index is 1.63. The number of methoxy groups -OCH3 is 1. The third-order valence-electron chi connectivity index (χ3n) is 5.72. The molecule has 3 amide bonds. The van der Waals surface area contributed by atoms with Gasteiger partial charge in [-0.05, 0) is 53.6 Å². The Morgan fingerprint density at radius 3 is 2.32 bits per heavy atom. The van der Waals surface area contributed by atoms with Crippen LogP contribution in [0.1, 0.15) is 17.5 Å². The maximum atomic E-state index is 13.4. The molecule has 1 fully saturated rings. The van der Waals surface area contributed by atoms with Crippen molar-refractivity contribution in [2.75, 3.05) is 12.0 Å². The van der Waals surface area contributed by atoms with Crippen molar-refractivity contribution in [2.45, 2.75) is 25.4 Å². The van der Waals surface area contributed by atoms with Crippen molar-refractivity contribution in [3.8, 4) is 5.75 Å². The minimum absolute atomic E-state index is 0.0577. The van der Waals surface area contributed by atoms with Gasteiger partial charge in [-0.1, -0.05) is 53.5 Å². The predicted octanol–water partition coefficient (Wildman–Crippen LogP) is 4.91. The Morgan fingerprint density at radius 2 is 1.68 bits per heavy atom. The lowest BCUT2D eigenvalue weighted by atomic mass is 10.1. The predicted molar refractivity (Wildman–Crippen MR) is 131 cm³/mol. The molecule has 3 aromatic carbocycles. The van der Waals surface area contributed by atoms with E-state index in [1.54, 1.807) is 66.7 Å². The average molecular weight is 497 g/mol. The lowest BCUT2D eigenvalue weighted by Gasteiger charge is -2.28. The highest BCUT2D eigenvalue weighted by Crippen LogP contribution is 2.29. The number of nitrogens with zero attached hydrogens (tertiary/aromatic N) is 2. The first kappa shape index (κ1) is 23.8. The van der Waals surface area contributed by atoms with E-state index in [2.05, 4.69) is 0 Å². The highest BCUT2D eigenvalue weighted by molar-refractivity contribution is 6.31. The fourth-order valence-electron chi connectivity index (χ4n) is 3.92. The van der Waals surface area contributed by atoms with Crippen LogP contribution in [0.3, 0.4) is 0 Å². The fraction of sp³-hybridized carbons (Fsp3) is 0.192. The summed E-state index contributed by atoms with van der Waals surface area (Å²) in [6.45, 7) is 0.103. The number of benzene rings is 3. The number of ether oxygens (including phenoxy) is 1. The summed E-state index contributed by atoms with van der Waals surface area (Å²) in [5.41, 5.74) is 1.88. The molecule has 1 aliphatic rings. The van der Waals surface area contributed by atoms with Gasteiger partial charge in [0.1, 0.15) is 11.8 Å². The Kier molecular flexibility index (Phi) is 7.20. The largest absolute Gasteiger partial charge is 0.497 e. The van der Waals surface area contributed by atoms with Crippen LogP contribution in [0.2, 0.25) is 10.0 Å². The quantitative estimate of drug-likeness (QED) is 0.436. The van der Waals surface area contributed by atoms with Crippen molar-refractivity contribution in [3.05, 3.63) is 94.0 Å². The Hall–Kier alpha value is -3.35. The number of rotatable bonds is 7. The van der Waals surface area contributed by atoms with Crippen LogP contribution in [0.25, 0.3) is 0 Å². The van der Waals surface area contributed by atoms with E-state index in [0.29, 0.717) is 27.0 Å². The van der Waals surface area contributed by atoms with Gasteiger partial charge in [-0.25, -0.2) is 4.90 Å². The normalized spacial score (nSPS) is 15.5. The molecule has 174 valence electrons. The zero-order valence-corrected chi connectivity index (χ0v) is 19.9. The fourth-order valence-corrected chi connectivity index (χ4v) is 4.24. The standard InChI is InChI=1S/C26H22Cl2N2O4/c1-34-21-12-10-20(11-13-21)30-25(32)15-23(26(30)33)29(16-18-4-2-3-5-22(18)28)24(31)14-17-6-8-19(27)9-7-17/h2-13,23H,14-16H2,1H3. The maximum absolute atomic E-state index is 13.4. The summed E-state index contributed by atoms with van der Waals surface area (Å²) in [4.78, 5) is 42.3. The number of anilines is 1. The molecule has 4 rings (SSSR count). The van der Waals surface area contributed by atoms with Crippen molar-refractivity contribution < 1.29 is 19.1 Å². The van der Waals surface area contributed by atoms with Crippen molar-refractivity contribution in [1.29, 1.82) is 0 Å². The molecule has 34 heavy (non-hydrogen) atoms. The molecule has 0 aromatic heterocycles. The number of carbonyl (C=O) groups excluding carboxylic acids is 3. The van der Waals surface area contributed by atoms with Gasteiger partial charge in [-0.2, -0.15) is 0 Å². The van der Waals surface area contributed by atoms with Gasteiger partial charge in [-0.15, -0.1) is 0 Å². The monoisotopic (exact) mass is 496 g/mol. The van der Waals surface area contributed by atoms with Crippen LogP contribution in [0, 0.1) is 0 Å². The Bertz CT molecular complexity index is 1210. The molecule has 0 spiro atoms. The Labute approximate surface area is 207 Å². The molecule has 0 radical (unpaired) electrons. The van der Waals surface area contributed by atoms with Crippen LogP contribution >= 0.6 is 23.2 Å². The van der Waals surface area contributed by atoms with Gasteiger partial charge in [0.25, 0.3) is 5.91 Å². The van der Waals surface area contributed by atoms with E-state index in [1.165, 1.54) is 12.0 Å². The van der Waals surface area contributed by atoms with Crippen LogP contribution in [0.15, 0.2) is 72.8 Å². The van der Waals surface area contributed by atoms with Crippen molar-refractivity contribution >= 4 is 46.6 Å². The van der Waals surface area contributed by atoms with Crippen LogP contribution < -0.4 is 9.64 Å². The highest BCUT2D eigenvalue weighted by Gasteiger charge is 2.44. The molecule has 0 N–H and O–H groups in total. The second-order valence-corrected chi connectivity index (χ2v) is 8.75. The van der Waals surface area contributed by atoms with Gasteiger partial charge < -0.3 is 9.64 Å². The van der Waals surface area contributed by atoms with Gasteiger partial charge in [0.15, 0.2) is 0 Å². The molecule has 1 unspecified atom stereocenters. The smallest absolute Gasteiger partial charge is 0.257 e. The molecule has 6 nitrogen and oxygen atoms in total. The van der Waals surface area contributed by atoms with E-state index in [0.717, 1.165) is 10.5 Å². The zero-order valence-electron chi connectivity index (χ0n) is 18.4. The summed E-state index contributed by atoms with van der Waals surface area (Å²) in [6.07, 6.45) is -0.0518. The van der Waals surface area contributed by atoms with E-state index in [4.69, 9.17) is 27.9 Å². The molecule has 0 bridgehead atoms. The zero-order chi connectivity index (χ0) is 24.2. The molecule has 1 atom stereocenters. The first-order valence-corrected chi connectivity index (χ1v) is 11.4. The number of carbonyl (C=O) groups is 3. The minimum Gasteiger partial charge on any atom is -0.497 e. The van der Waals surface area contributed by atoms with Crippen LogP contribution in [-0.4, -0.2) is 35.8 Å². The van der Waals surface area contributed by atoms with E-state index in [-0.39, 0.29) is 31.2 Å². The second kappa shape index (κ2) is 10.3. The first-order chi connectivity index (χ1) is 16.4. The molecule has 3 aromatic rings. The van der Waals surface area contributed by atoms with Crippen LogP contribution in [0.4, 0.5) is 5.69 Å². The van der Waals surface area contributed by atoms with E-state index in [1.807, 2.05) is 6.07 Å². The van der Waals surface area contributed by atoms with Gasteiger partial charge in [0, 0.05) is 16.6 Å². The third-order valence-corrected chi connectivity index (χ3v) is 6.34. The molecule has 0 saturated carbocycles. The van der Waals surface area contributed by atoms with Gasteiger partial charge >= 0.3 is 0 Å². The molecule has 1 aliphatic heterocycles. The number of imide groups is 1. The van der Waals surface area contributed by atoms with E-state index >= 15 is 0 Å². The minimum atomic E-state index is -0.939. The van der Waals surface area contributed by atoms with Crippen LogP contribution in [0.5, 0.6) is 5.75 Å². The summed E-state index contributed by atoms with van der Waals surface area (Å²) in [5.74, 6) is -0.502. The summed E-state index contributed by atoms with van der Waals surface area (Å²) >= 11 is 12.3. The molecule has 0 aliphatic carbocycles. The number of halogens is 2. The van der Waals surface area contributed by atoms with E-state index < -0.39 is 11.9 Å². The van der Waals surface area contributed by atoms with Gasteiger partial charge in [-0.3, -0.25) is 14.4 Å². The summed E-state index contributed by atoms with van der Waals surface area (Å²) in [5, 5.41) is 1.05. The van der Waals surface area contributed by atoms with E-state index in [9.17, 15) is 14.4 Å². The molecule has 8 heteroatoms. The van der Waals surface area contributed by atoms with Gasteiger partial charge in [0.05, 0.1) is 25.6 Å². The topological polar surface area (TPSA) is 66.9 Å². The number of hydrogen-bond acceptors (Lipinski definition) is 4. The van der Waals surface area contributed by atoms with Crippen molar-refractivity contribution in [1.82, 2.24) is 4.90 Å². The second-order valence-electron chi connectivity index (χ2n) is 7.90. The highest BCUT2D eigenvalue weighted by atomic mass is 35.5. The van der Waals surface area contributed by atoms with Crippen molar-refractivity contribution in [3.63, 3.8) is 0 Å². The number of hydrogen-bond donors (Lipinski definition) is 0. The lowest BCUT2D eigenvalue weighted by Crippen LogP contribution is -2.45. The molecule has 1 heterocycles. The van der Waals surface area contributed by atoms with Gasteiger partial charge in [0.2, 0.25) is 11.8 Å².